The maximum Gasteiger partial charge on any atom is 0.182 e. The minimum atomic E-state index is 0.0940. The van der Waals surface area contributed by atoms with Gasteiger partial charge in [0.2, 0.25) is 0 Å². The number of ether oxygens (including phenoxy) is 1. The molecule has 2 heterocycles. The monoisotopic (exact) mass is 268 g/mol. The molecule has 5 nitrogen and oxygen atoms in total. The Balaban J connectivity index is 1.99. The Morgan fingerprint density at radius 3 is 2.75 bits per heavy atom. The van der Waals surface area contributed by atoms with Gasteiger partial charge in [-0.25, -0.2) is 9.50 Å². The molecule has 0 saturated carbocycles. The van der Waals surface area contributed by atoms with E-state index in [9.17, 15) is 0 Å². The third-order valence-electron chi connectivity index (χ3n) is 2.87. The van der Waals surface area contributed by atoms with Gasteiger partial charge < -0.3 is 10.5 Å². The highest BCUT2D eigenvalue weighted by Gasteiger charge is 2.09. The molecule has 3 aromatic rings. The normalized spacial score (nSPS) is 11.2. The first-order chi connectivity index (χ1) is 9.63. The molecule has 2 N–H and O–H groups in total. The Kier molecular flexibility index (Phi) is 3.02. The predicted octanol–water partition coefficient (Wildman–Crippen LogP) is 2.77. The lowest BCUT2D eigenvalue weighted by atomic mass is 10.2. The van der Waals surface area contributed by atoms with E-state index in [0.29, 0.717) is 17.3 Å². The van der Waals surface area contributed by atoms with Crippen LogP contribution in [0.25, 0.3) is 17.0 Å². The highest BCUT2D eigenvalue weighted by atomic mass is 16.5. The van der Waals surface area contributed by atoms with Crippen molar-refractivity contribution >= 4 is 11.3 Å². The average Bonchev–Trinajstić information content (AvgIpc) is 2.84. The average molecular weight is 268 g/mol. The van der Waals surface area contributed by atoms with E-state index < -0.39 is 0 Å². The van der Waals surface area contributed by atoms with E-state index in [1.54, 1.807) is 4.52 Å². The molecule has 0 bridgehead atoms. The summed E-state index contributed by atoms with van der Waals surface area (Å²) < 4.78 is 7.36. The molecule has 102 valence electrons. The summed E-state index contributed by atoms with van der Waals surface area (Å²) in [6.45, 7) is 3.94. The zero-order valence-electron chi connectivity index (χ0n) is 11.4. The van der Waals surface area contributed by atoms with Crippen LogP contribution in [0, 0.1) is 0 Å². The topological polar surface area (TPSA) is 65.4 Å². The van der Waals surface area contributed by atoms with Gasteiger partial charge in [0.1, 0.15) is 5.75 Å². The Morgan fingerprint density at radius 2 is 2.05 bits per heavy atom. The molecule has 5 heteroatoms. The van der Waals surface area contributed by atoms with E-state index in [2.05, 4.69) is 10.1 Å². The van der Waals surface area contributed by atoms with Gasteiger partial charge >= 0.3 is 0 Å². The molecule has 0 aliphatic heterocycles. The molecule has 2 aromatic heterocycles. The van der Waals surface area contributed by atoms with Crippen molar-refractivity contribution in [3.05, 3.63) is 42.6 Å². The smallest absolute Gasteiger partial charge is 0.182 e. The van der Waals surface area contributed by atoms with Crippen molar-refractivity contribution in [2.45, 2.75) is 20.0 Å². The van der Waals surface area contributed by atoms with Crippen molar-refractivity contribution < 1.29 is 4.74 Å². The third kappa shape index (κ3) is 2.30. The zero-order chi connectivity index (χ0) is 14.1. The van der Waals surface area contributed by atoms with E-state index in [1.165, 1.54) is 0 Å². The van der Waals surface area contributed by atoms with Gasteiger partial charge in [-0.3, -0.25) is 0 Å². The highest BCUT2D eigenvalue weighted by molar-refractivity contribution is 5.67. The summed E-state index contributed by atoms with van der Waals surface area (Å²) in [7, 11) is 0. The predicted molar refractivity (Wildman–Crippen MR) is 78.6 cm³/mol. The molecule has 0 radical (unpaired) electrons. The molecule has 0 unspecified atom stereocenters. The third-order valence-corrected chi connectivity index (χ3v) is 2.87. The van der Waals surface area contributed by atoms with Crippen LogP contribution in [-0.4, -0.2) is 20.7 Å². The standard InChI is InChI=1S/C15H16N4O/c1-10(2)20-13-7-6-11(9-12(13)16)15-17-14-5-3-4-8-19(14)18-15/h3-10H,16H2,1-2H3. The lowest BCUT2D eigenvalue weighted by molar-refractivity contribution is 0.244. The van der Waals surface area contributed by atoms with Crippen LogP contribution < -0.4 is 10.5 Å². The fourth-order valence-electron chi connectivity index (χ4n) is 2.00. The first-order valence-electron chi connectivity index (χ1n) is 6.51. The molecular formula is C15H16N4O. The van der Waals surface area contributed by atoms with Gasteiger partial charge in [-0.1, -0.05) is 6.07 Å². The number of aromatic nitrogens is 3. The second kappa shape index (κ2) is 4.85. The number of nitrogens with zero attached hydrogens (tertiary/aromatic N) is 3. The Bertz CT molecular complexity index is 715. The second-order valence-corrected chi connectivity index (χ2v) is 4.86. The summed E-state index contributed by atoms with van der Waals surface area (Å²) in [5.74, 6) is 1.34. The van der Waals surface area contributed by atoms with E-state index >= 15 is 0 Å². The summed E-state index contributed by atoms with van der Waals surface area (Å²) in [5, 5.41) is 4.42. The fourth-order valence-corrected chi connectivity index (χ4v) is 2.00. The van der Waals surface area contributed by atoms with Gasteiger partial charge in [0.15, 0.2) is 11.5 Å². The zero-order valence-corrected chi connectivity index (χ0v) is 11.4. The fraction of sp³-hybridized carbons (Fsp3) is 0.200. The number of anilines is 1. The molecule has 0 fully saturated rings. The number of hydrogen-bond donors (Lipinski definition) is 1. The van der Waals surface area contributed by atoms with Gasteiger partial charge in [0.05, 0.1) is 11.8 Å². The van der Waals surface area contributed by atoms with Crippen LogP contribution in [0.4, 0.5) is 5.69 Å². The van der Waals surface area contributed by atoms with Crippen molar-refractivity contribution in [3.8, 4) is 17.1 Å². The van der Waals surface area contributed by atoms with E-state index in [1.807, 2.05) is 56.4 Å². The maximum absolute atomic E-state index is 6.01. The summed E-state index contributed by atoms with van der Waals surface area (Å²) in [6.07, 6.45) is 1.96. The molecule has 20 heavy (non-hydrogen) atoms. The van der Waals surface area contributed by atoms with Crippen LogP contribution in [-0.2, 0) is 0 Å². The molecule has 0 aliphatic carbocycles. The van der Waals surface area contributed by atoms with Crippen LogP contribution >= 0.6 is 0 Å². The lowest BCUT2D eigenvalue weighted by Gasteiger charge is -2.12. The summed E-state index contributed by atoms with van der Waals surface area (Å²) in [4.78, 5) is 4.47. The molecule has 0 spiro atoms. The van der Waals surface area contributed by atoms with Gasteiger partial charge in [0, 0.05) is 11.8 Å². The van der Waals surface area contributed by atoms with Crippen LogP contribution in [0.1, 0.15) is 13.8 Å². The number of hydrogen-bond acceptors (Lipinski definition) is 4. The van der Waals surface area contributed by atoms with Gasteiger partial charge in [0.25, 0.3) is 0 Å². The van der Waals surface area contributed by atoms with Crippen molar-refractivity contribution in [2.75, 3.05) is 5.73 Å². The van der Waals surface area contributed by atoms with Crippen LogP contribution in [0.2, 0.25) is 0 Å². The maximum atomic E-state index is 6.01. The quantitative estimate of drug-likeness (QED) is 0.742. The number of rotatable bonds is 3. The van der Waals surface area contributed by atoms with Crippen LogP contribution in [0.15, 0.2) is 42.6 Å². The Morgan fingerprint density at radius 1 is 1.20 bits per heavy atom. The van der Waals surface area contributed by atoms with E-state index in [4.69, 9.17) is 10.5 Å². The SMILES string of the molecule is CC(C)Oc1ccc(-c2nc3ccccn3n2)cc1N. The van der Waals surface area contributed by atoms with Gasteiger partial charge in [-0.2, -0.15) is 0 Å². The summed E-state index contributed by atoms with van der Waals surface area (Å²) in [5.41, 5.74) is 8.29. The first-order valence-corrected chi connectivity index (χ1v) is 6.51. The van der Waals surface area contributed by atoms with Crippen molar-refractivity contribution in [2.24, 2.45) is 0 Å². The molecule has 0 atom stereocenters. The number of pyridine rings is 1. The van der Waals surface area contributed by atoms with Crippen LogP contribution in [0.5, 0.6) is 5.75 Å². The minimum Gasteiger partial charge on any atom is -0.489 e. The summed E-state index contributed by atoms with van der Waals surface area (Å²) >= 11 is 0. The Hall–Kier alpha value is -2.56. The van der Waals surface area contributed by atoms with E-state index in [-0.39, 0.29) is 6.10 Å². The minimum absolute atomic E-state index is 0.0940. The Labute approximate surface area is 117 Å². The number of fused-ring (bicyclic) bond motifs is 1. The molecule has 3 rings (SSSR count). The molecule has 1 aromatic carbocycles. The van der Waals surface area contributed by atoms with Crippen molar-refractivity contribution in [1.82, 2.24) is 14.6 Å². The molecular weight excluding hydrogens is 252 g/mol. The number of benzene rings is 1. The lowest BCUT2D eigenvalue weighted by Crippen LogP contribution is -2.07. The van der Waals surface area contributed by atoms with Gasteiger partial charge in [-0.15, -0.1) is 5.10 Å². The number of nitrogen functional groups attached to an aromatic ring is 1. The van der Waals surface area contributed by atoms with Crippen molar-refractivity contribution in [1.29, 1.82) is 0 Å². The molecule has 0 saturated heterocycles. The summed E-state index contributed by atoms with van der Waals surface area (Å²) in [6, 6.07) is 11.4. The van der Waals surface area contributed by atoms with E-state index in [0.717, 1.165) is 11.2 Å². The first kappa shape index (κ1) is 12.5. The highest BCUT2D eigenvalue weighted by Crippen LogP contribution is 2.27. The largest absolute Gasteiger partial charge is 0.489 e. The molecule has 0 aliphatic rings. The van der Waals surface area contributed by atoms with Crippen molar-refractivity contribution in [3.63, 3.8) is 0 Å². The molecule has 0 amide bonds. The van der Waals surface area contributed by atoms with Crippen LogP contribution in [0.3, 0.4) is 0 Å². The number of nitrogens with two attached hydrogens (primary N) is 1. The van der Waals surface area contributed by atoms with Gasteiger partial charge in [-0.05, 0) is 44.2 Å². The second-order valence-electron chi connectivity index (χ2n) is 4.86.